The average molecular weight is 311 g/mol. The highest BCUT2D eigenvalue weighted by Gasteiger charge is 2.27. The SMILES string of the molecule is COc1ccc(C2CNCCN2C(=O)Cc2cccnc2)cc1. The number of carbonyl (C=O) groups is 1. The van der Waals surface area contributed by atoms with Crippen molar-refractivity contribution < 1.29 is 9.53 Å². The van der Waals surface area contributed by atoms with E-state index in [1.807, 2.05) is 41.3 Å². The maximum Gasteiger partial charge on any atom is 0.227 e. The monoisotopic (exact) mass is 311 g/mol. The van der Waals surface area contributed by atoms with Crippen molar-refractivity contribution in [2.75, 3.05) is 26.7 Å². The Morgan fingerprint density at radius 3 is 2.87 bits per heavy atom. The van der Waals surface area contributed by atoms with Crippen molar-refractivity contribution in [3.63, 3.8) is 0 Å². The zero-order chi connectivity index (χ0) is 16.1. The fourth-order valence-electron chi connectivity index (χ4n) is 2.91. The zero-order valence-electron chi connectivity index (χ0n) is 13.2. The summed E-state index contributed by atoms with van der Waals surface area (Å²) in [7, 11) is 1.65. The summed E-state index contributed by atoms with van der Waals surface area (Å²) in [5.74, 6) is 0.964. The van der Waals surface area contributed by atoms with Crippen LogP contribution in [0.15, 0.2) is 48.8 Å². The topological polar surface area (TPSA) is 54.5 Å². The number of amides is 1. The van der Waals surface area contributed by atoms with Crippen LogP contribution in [0.4, 0.5) is 0 Å². The fourth-order valence-corrected chi connectivity index (χ4v) is 2.91. The lowest BCUT2D eigenvalue weighted by Crippen LogP contribution is -2.49. The molecule has 1 atom stereocenters. The minimum absolute atomic E-state index is 0.0545. The molecule has 1 aliphatic heterocycles. The predicted octanol–water partition coefficient (Wildman–Crippen LogP) is 1.81. The number of carbonyl (C=O) groups excluding carboxylic acids is 1. The lowest BCUT2D eigenvalue weighted by Gasteiger charge is -2.36. The van der Waals surface area contributed by atoms with Crippen molar-refractivity contribution in [1.29, 1.82) is 0 Å². The van der Waals surface area contributed by atoms with E-state index < -0.39 is 0 Å². The number of hydrogen-bond acceptors (Lipinski definition) is 4. The van der Waals surface area contributed by atoms with Gasteiger partial charge >= 0.3 is 0 Å². The summed E-state index contributed by atoms with van der Waals surface area (Å²) in [4.78, 5) is 18.8. The van der Waals surface area contributed by atoms with Gasteiger partial charge in [0.05, 0.1) is 19.6 Å². The molecule has 1 saturated heterocycles. The summed E-state index contributed by atoms with van der Waals surface area (Å²) in [6.07, 6.45) is 3.86. The van der Waals surface area contributed by atoms with E-state index in [-0.39, 0.29) is 11.9 Å². The van der Waals surface area contributed by atoms with Gasteiger partial charge in [-0.15, -0.1) is 0 Å². The highest BCUT2D eigenvalue weighted by molar-refractivity contribution is 5.79. The quantitative estimate of drug-likeness (QED) is 0.935. The smallest absolute Gasteiger partial charge is 0.227 e. The number of methoxy groups -OCH3 is 1. The summed E-state index contributed by atoms with van der Waals surface area (Å²) in [5, 5.41) is 3.37. The normalized spacial score (nSPS) is 17.8. The van der Waals surface area contributed by atoms with E-state index in [1.165, 1.54) is 0 Å². The summed E-state index contributed by atoms with van der Waals surface area (Å²) in [6, 6.07) is 11.8. The number of rotatable bonds is 4. The van der Waals surface area contributed by atoms with Crippen LogP contribution < -0.4 is 10.1 Å². The molecule has 2 aromatic rings. The number of aromatic nitrogens is 1. The number of nitrogens with zero attached hydrogens (tertiary/aromatic N) is 2. The van der Waals surface area contributed by atoms with Crippen molar-refractivity contribution in [1.82, 2.24) is 15.2 Å². The van der Waals surface area contributed by atoms with E-state index >= 15 is 0 Å². The molecule has 0 aliphatic carbocycles. The van der Waals surface area contributed by atoms with Gasteiger partial charge in [0, 0.05) is 32.0 Å². The first kappa shape index (κ1) is 15.5. The first-order valence-corrected chi connectivity index (χ1v) is 7.81. The van der Waals surface area contributed by atoms with Gasteiger partial charge < -0.3 is 15.0 Å². The molecular weight excluding hydrogens is 290 g/mol. The van der Waals surface area contributed by atoms with Gasteiger partial charge in [-0.1, -0.05) is 18.2 Å². The van der Waals surface area contributed by atoms with Crippen molar-refractivity contribution >= 4 is 5.91 Å². The molecule has 1 amide bonds. The summed E-state index contributed by atoms with van der Waals surface area (Å²) < 4.78 is 5.21. The van der Waals surface area contributed by atoms with Gasteiger partial charge in [0.2, 0.25) is 5.91 Å². The molecule has 5 nitrogen and oxygen atoms in total. The van der Waals surface area contributed by atoms with Gasteiger partial charge in [-0.3, -0.25) is 9.78 Å². The van der Waals surface area contributed by atoms with Gasteiger partial charge in [0.25, 0.3) is 0 Å². The number of nitrogens with one attached hydrogen (secondary N) is 1. The number of pyridine rings is 1. The third-order valence-corrected chi connectivity index (χ3v) is 4.14. The van der Waals surface area contributed by atoms with E-state index in [9.17, 15) is 4.79 Å². The van der Waals surface area contributed by atoms with Crippen LogP contribution in [-0.4, -0.2) is 42.5 Å². The van der Waals surface area contributed by atoms with Gasteiger partial charge in [0.15, 0.2) is 0 Å². The Bertz CT molecular complexity index is 643. The highest BCUT2D eigenvalue weighted by Crippen LogP contribution is 2.25. The second-order valence-corrected chi connectivity index (χ2v) is 5.62. The molecule has 1 aromatic heterocycles. The van der Waals surface area contributed by atoms with Crippen molar-refractivity contribution in [2.45, 2.75) is 12.5 Å². The lowest BCUT2D eigenvalue weighted by atomic mass is 10.0. The summed E-state index contributed by atoms with van der Waals surface area (Å²) in [6.45, 7) is 2.31. The van der Waals surface area contributed by atoms with Gasteiger partial charge in [-0.05, 0) is 29.3 Å². The van der Waals surface area contributed by atoms with E-state index in [1.54, 1.807) is 19.5 Å². The number of ether oxygens (including phenoxy) is 1. The van der Waals surface area contributed by atoms with Crippen molar-refractivity contribution in [3.05, 3.63) is 59.9 Å². The van der Waals surface area contributed by atoms with Crippen LogP contribution in [0.2, 0.25) is 0 Å². The predicted molar refractivity (Wildman–Crippen MR) is 88.3 cm³/mol. The van der Waals surface area contributed by atoms with Crippen LogP contribution in [0.1, 0.15) is 17.2 Å². The average Bonchev–Trinajstić information content (AvgIpc) is 2.62. The maximum atomic E-state index is 12.7. The summed E-state index contributed by atoms with van der Waals surface area (Å²) >= 11 is 0. The molecule has 5 heteroatoms. The van der Waals surface area contributed by atoms with Crippen LogP contribution in [0, 0.1) is 0 Å². The molecule has 2 heterocycles. The molecule has 1 unspecified atom stereocenters. The Morgan fingerprint density at radius 2 is 2.17 bits per heavy atom. The molecule has 0 saturated carbocycles. The Morgan fingerprint density at radius 1 is 1.35 bits per heavy atom. The van der Waals surface area contributed by atoms with E-state index in [2.05, 4.69) is 10.3 Å². The van der Waals surface area contributed by atoms with E-state index in [4.69, 9.17) is 4.74 Å². The van der Waals surface area contributed by atoms with E-state index in [0.717, 1.165) is 36.5 Å². The highest BCUT2D eigenvalue weighted by atomic mass is 16.5. The molecule has 0 bridgehead atoms. The van der Waals surface area contributed by atoms with Crippen molar-refractivity contribution in [2.24, 2.45) is 0 Å². The standard InChI is InChI=1S/C18H21N3O2/c1-23-16-6-4-15(5-7-16)17-13-20-9-10-21(17)18(22)11-14-3-2-8-19-12-14/h2-8,12,17,20H,9-11,13H2,1H3. The first-order valence-electron chi connectivity index (χ1n) is 7.81. The Hall–Kier alpha value is -2.40. The minimum atomic E-state index is 0.0545. The number of piperazine rings is 1. The van der Waals surface area contributed by atoms with Crippen molar-refractivity contribution in [3.8, 4) is 5.75 Å². The molecule has 1 N–H and O–H groups in total. The molecule has 23 heavy (non-hydrogen) atoms. The molecule has 120 valence electrons. The lowest BCUT2D eigenvalue weighted by molar-refractivity contribution is -0.133. The van der Waals surface area contributed by atoms with Gasteiger partial charge in [0.1, 0.15) is 5.75 Å². The number of benzene rings is 1. The number of hydrogen-bond donors (Lipinski definition) is 1. The molecule has 1 aliphatic rings. The second-order valence-electron chi connectivity index (χ2n) is 5.62. The van der Waals surface area contributed by atoms with Gasteiger partial charge in [-0.25, -0.2) is 0 Å². The molecule has 0 spiro atoms. The molecular formula is C18H21N3O2. The zero-order valence-corrected chi connectivity index (χ0v) is 13.2. The molecule has 1 aromatic carbocycles. The molecule has 3 rings (SSSR count). The third-order valence-electron chi connectivity index (χ3n) is 4.14. The van der Waals surface area contributed by atoms with E-state index in [0.29, 0.717) is 6.42 Å². The largest absolute Gasteiger partial charge is 0.497 e. The summed E-state index contributed by atoms with van der Waals surface area (Å²) in [5.41, 5.74) is 2.07. The molecule has 0 radical (unpaired) electrons. The fraction of sp³-hybridized carbons (Fsp3) is 0.333. The first-order chi connectivity index (χ1) is 11.3. The van der Waals surface area contributed by atoms with Gasteiger partial charge in [-0.2, -0.15) is 0 Å². The Balaban J connectivity index is 1.76. The van der Waals surface area contributed by atoms with Crippen LogP contribution >= 0.6 is 0 Å². The Labute approximate surface area is 136 Å². The van der Waals surface area contributed by atoms with Crippen LogP contribution in [-0.2, 0) is 11.2 Å². The third kappa shape index (κ3) is 3.68. The minimum Gasteiger partial charge on any atom is -0.497 e. The molecule has 1 fully saturated rings. The Kier molecular flexibility index (Phi) is 4.88. The van der Waals surface area contributed by atoms with Crippen LogP contribution in [0.3, 0.4) is 0 Å². The maximum absolute atomic E-state index is 12.7. The van der Waals surface area contributed by atoms with Crippen LogP contribution in [0.25, 0.3) is 0 Å². The van der Waals surface area contributed by atoms with Crippen LogP contribution in [0.5, 0.6) is 5.75 Å². The second kappa shape index (κ2) is 7.24.